The highest BCUT2D eigenvalue weighted by molar-refractivity contribution is 7.99. The molecule has 1 heterocycles. The predicted octanol–water partition coefficient (Wildman–Crippen LogP) is 2.33. The van der Waals surface area contributed by atoms with Crippen molar-refractivity contribution in [2.45, 2.75) is 19.0 Å². The average Bonchev–Trinajstić information content (AvgIpc) is 3.14. The molecule has 0 aliphatic carbocycles. The Bertz CT molecular complexity index is 790. The minimum atomic E-state index is -0.199. The van der Waals surface area contributed by atoms with E-state index in [4.69, 9.17) is 23.2 Å². The average molecular weight is 446 g/mol. The highest BCUT2D eigenvalue weighted by atomic mass is 35.5. The Labute approximate surface area is 181 Å². The molecule has 1 aliphatic heterocycles. The molecule has 146 valence electrons. The first-order valence-electron chi connectivity index (χ1n) is 8.61. The maximum Gasteiger partial charge on any atom is 0.255 e. The molecule has 0 spiro atoms. The summed E-state index contributed by atoms with van der Waals surface area (Å²) in [6, 6.07) is 13.7. The fourth-order valence-corrected chi connectivity index (χ4v) is 4.95. The van der Waals surface area contributed by atoms with Gasteiger partial charge in [-0.2, -0.15) is 11.8 Å². The summed E-state index contributed by atoms with van der Waals surface area (Å²) < 4.78 is 1.00. The van der Waals surface area contributed by atoms with Crippen molar-refractivity contribution in [3.05, 3.63) is 63.6 Å². The summed E-state index contributed by atoms with van der Waals surface area (Å²) >= 11 is 13.9. The number of nitrogens with zero attached hydrogens (tertiary/aromatic N) is 1. The second-order valence-electron chi connectivity index (χ2n) is 7.23. The van der Waals surface area contributed by atoms with Crippen LogP contribution in [0.3, 0.4) is 0 Å². The number of anilines is 1. The van der Waals surface area contributed by atoms with Crippen LogP contribution in [-0.2, 0) is 6.54 Å². The van der Waals surface area contributed by atoms with E-state index in [1.807, 2.05) is 23.9 Å². The normalized spacial score (nSPS) is 16.7. The highest BCUT2D eigenvalue weighted by Crippen LogP contribution is 2.28. The van der Waals surface area contributed by atoms with Crippen LogP contribution in [0.4, 0.5) is 5.69 Å². The molecule has 7 heteroatoms. The number of carbonyl (C=O) groups is 1. The number of hydrogen-bond donors (Lipinski definition) is 1. The van der Waals surface area contributed by atoms with Crippen LogP contribution in [0.5, 0.6) is 0 Å². The van der Waals surface area contributed by atoms with E-state index in [1.165, 1.54) is 23.5 Å². The molecule has 0 saturated carbocycles. The zero-order valence-electron chi connectivity index (χ0n) is 15.3. The molecule has 0 aromatic heterocycles. The van der Waals surface area contributed by atoms with Gasteiger partial charge in [0.05, 0.1) is 30.2 Å². The Morgan fingerprint density at radius 1 is 1.15 bits per heavy atom. The summed E-state index contributed by atoms with van der Waals surface area (Å²) in [6.07, 6.45) is 1.29. The van der Waals surface area contributed by atoms with E-state index in [9.17, 15) is 4.79 Å². The summed E-state index contributed by atoms with van der Waals surface area (Å²) in [7, 11) is 4.60. The molecule has 1 fully saturated rings. The topological polar surface area (TPSA) is 29.1 Å². The van der Waals surface area contributed by atoms with Gasteiger partial charge in [0, 0.05) is 29.0 Å². The van der Waals surface area contributed by atoms with Crippen LogP contribution in [0.2, 0.25) is 10.0 Å². The van der Waals surface area contributed by atoms with E-state index in [2.05, 4.69) is 31.5 Å². The Hall–Kier alpha value is -0.910. The van der Waals surface area contributed by atoms with Gasteiger partial charge in [0.1, 0.15) is 6.54 Å². The van der Waals surface area contributed by atoms with Gasteiger partial charge >= 0.3 is 0 Å². The van der Waals surface area contributed by atoms with Gasteiger partial charge in [-0.15, -0.1) is 0 Å². The molecular formula is C20H23Cl3N2OS. The van der Waals surface area contributed by atoms with E-state index in [-0.39, 0.29) is 18.3 Å². The van der Waals surface area contributed by atoms with E-state index in [1.54, 1.807) is 18.2 Å². The Morgan fingerprint density at radius 3 is 2.44 bits per heavy atom. The number of carbonyl (C=O) groups excluding carboxylic acids is 1. The van der Waals surface area contributed by atoms with Crippen LogP contribution in [-0.4, -0.2) is 42.0 Å². The van der Waals surface area contributed by atoms with Gasteiger partial charge in [-0.05, 0) is 36.1 Å². The van der Waals surface area contributed by atoms with Crippen molar-refractivity contribution < 1.29 is 21.7 Å². The lowest BCUT2D eigenvalue weighted by Crippen LogP contribution is -3.00. The van der Waals surface area contributed by atoms with Gasteiger partial charge in [0.2, 0.25) is 0 Å². The van der Waals surface area contributed by atoms with Gasteiger partial charge in [0.15, 0.2) is 0 Å². The molecule has 1 amide bonds. The lowest BCUT2D eigenvalue weighted by atomic mass is 10.1. The first-order valence-corrected chi connectivity index (χ1v) is 10.5. The van der Waals surface area contributed by atoms with Gasteiger partial charge in [-0.25, -0.2) is 0 Å². The SMILES string of the molecule is C[N+](C)(Cc1ccc(NC(=O)c2ccc(Cl)c(Cl)c2)cc1)C1CCSC1.[Cl-]. The minimum absolute atomic E-state index is 0. The standard InChI is InChI=1S/C20H22Cl2N2OS.ClH/c1-24(2,17-9-10-26-13-17)12-14-3-6-16(7-4-14)23-20(25)15-5-8-18(21)19(22)11-15;/h3-8,11,17H,9-10,12-13H2,1-2H3;1H. The maximum atomic E-state index is 12.3. The second-order valence-corrected chi connectivity index (χ2v) is 9.20. The third kappa shape index (κ3) is 5.78. The van der Waals surface area contributed by atoms with Gasteiger partial charge in [-0.3, -0.25) is 4.79 Å². The lowest BCUT2D eigenvalue weighted by Gasteiger charge is -2.35. The third-order valence-corrected chi connectivity index (χ3v) is 6.76. The quantitative estimate of drug-likeness (QED) is 0.716. The van der Waals surface area contributed by atoms with Crippen molar-refractivity contribution >= 4 is 46.6 Å². The molecule has 1 N–H and O–H groups in total. The second kappa shape index (κ2) is 9.53. The van der Waals surface area contributed by atoms with Crippen molar-refractivity contribution in [2.75, 3.05) is 30.9 Å². The molecule has 1 aliphatic rings. The monoisotopic (exact) mass is 444 g/mol. The van der Waals surface area contributed by atoms with Crippen LogP contribution < -0.4 is 17.7 Å². The summed E-state index contributed by atoms with van der Waals surface area (Å²) in [5.74, 6) is 2.31. The van der Waals surface area contributed by atoms with Crippen LogP contribution in [0.25, 0.3) is 0 Å². The van der Waals surface area contributed by atoms with Crippen LogP contribution in [0.1, 0.15) is 22.3 Å². The Kier molecular flexibility index (Phi) is 7.90. The summed E-state index contributed by atoms with van der Waals surface area (Å²) in [5, 5.41) is 3.71. The molecule has 3 rings (SSSR count). The lowest BCUT2D eigenvalue weighted by molar-refractivity contribution is -0.924. The number of thioether (sulfide) groups is 1. The van der Waals surface area contributed by atoms with Crippen molar-refractivity contribution in [1.82, 2.24) is 0 Å². The highest BCUT2D eigenvalue weighted by Gasteiger charge is 2.31. The van der Waals surface area contributed by atoms with Crippen molar-refractivity contribution in [2.24, 2.45) is 0 Å². The molecule has 0 radical (unpaired) electrons. The molecule has 1 unspecified atom stereocenters. The van der Waals surface area contributed by atoms with Crippen LogP contribution in [0.15, 0.2) is 42.5 Å². The molecule has 2 aromatic carbocycles. The summed E-state index contributed by atoms with van der Waals surface area (Å²) in [6.45, 7) is 0.992. The zero-order chi connectivity index (χ0) is 18.7. The smallest absolute Gasteiger partial charge is 0.255 e. The largest absolute Gasteiger partial charge is 1.00 e. The minimum Gasteiger partial charge on any atom is -1.00 e. The number of halogens is 3. The van der Waals surface area contributed by atoms with Gasteiger partial charge in [0.25, 0.3) is 5.91 Å². The number of rotatable bonds is 5. The molecule has 2 aromatic rings. The first-order chi connectivity index (χ1) is 12.3. The molecular weight excluding hydrogens is 423 g/mol. The zero-order valence-corrected chi connectivity index (χ0v) is 18.4. The fourth-order valence-electron chi connectivity index (χ4n) is 3.21. The molecule has 27 heavy (non-hydrogen) atoms. The third-order valence-electron chi connectivity index (χ3n) is 4.88. The van der Waals surface area contributed by atoms with Crippen molar-refractivity contribution in [1.29, 1.82) is 0 Å². The van der Waals surface area contributed by atoms with E-state index < -0.39 is 0 Å². The predicted molar refractivity (Wildman–Crippen MR) is 112 cm³/mol. The van der Waals surface area contributed by atoms with Crippen molar-refractivity contribution in [3.63, 3.8) is 0 Å². The van der Waals surface area contributed by atoms with Crippen LogP contribution in [0, 0.1) is 0 Å². The van der Waals surface area contributed by atoms with E-state index in [0.717, 1.165) is 16.7 Å². The Morgan fingerprint density at radius 2 is 1.85 bits per heavy atom. The molecule has 0 bridgehead atoms. The summed E-state index contributed by atoms with van der Waals surface area (Å²) in [4.78, 5) is 12.3. The number of nitrogens with one attached hydrogen (secondary N) is 1. The fraction of sp³-hybridized carbons (Fsp3) is 0.350. The van der Waals surface area contributed by atoms with Crippen LogP contribution >= 0.6 is 35.0 Å². The number of hydrogen-bond acceptors (Lipinski definition) is 2. The van der Waals surface area contributed by atoms with Crippen molar-refractivity contribution in [3.8, 4) is 0 Å². The van der Waals surface area contributed by atoms with E-state index >= 15 is 0 Å². The summed E-state index contributed by atoms with van der Waals surface area (Å²) in [5.41, 5.74) is 2.53. The van der Waals surface area contributed by atoms with Gasteiger partial charge in [-0.1, -0.05) is 35.3 Å². The number of quaternary nitrogens is 1. The number of amides is 1. The van der Waals surface area contributed by atoms with Gasteiger partial charge < -0.3 is 22.2 Å². The maximum absolute atomic E-state index is 12.3. The molecule has 1 saturated heterocycles. The Balaban J connectivity index is 0.00000261. The number of benzene rings is 2. The molecule has 1 atom stereocenters. The first kappa shape index (κ1) is 22.4. The molecule has 3 nitrogen and oxygen atoms in total. The van der Waals surface area contributed by atoms with E-state index in [0.29, 0.717) is 21.7 Å².